The maximum atomic E-state index is 13.2. The van der Waals surface area contributed by atoms with Gasteiger partial charge in [0.1, 0.15) is 5.75 Å². The Kier molecular flexibility index (Phi) is 5.87. The van der Waals surface area contributed by atoms with E-state index in [1.54, 1.807) is 30.2 Å². The minimum absolute atomic E-state index is 0.113. The van der Waals surface area contributed by atoms with Crippen LogP contribution < -0.4 is 16.0 Å². The molecule has 7 heteroatoms. The molecule has 3 aromatic rings. The highest BCUT2D eigenvalue weighted by atomic mass is 16.5. The Bertz CT molecular complexity index is 1360. The Morgan fingerprint density at radius 3 is 2.63 bits per heavy atom. The summed E-state index contributed by atoms with van der Waals surface area (Å²) in [5.74, 6) is 0.226. The number of nitrogens with two attached hydrogens (primary N) is 1. The number of carbonyl (C=O) groups is 2. The number of nitrogens with zero attached hydrogens (tertiary/aromatic N) is 1. The fourth-order valence-electron chi connectivity index (χ4n) is 5.54. The normalized spacial score (nSPS) is 19.8. The lowest BCUT2D eigenvalue weighted by atomic mass is 9.82. The number of amides is 2. The Morgan fingerprint density at radius 2 is 1.91 bits per heavy atom. The van der Waals surface area contributed by atoms with Gasteiger partial charge in [0.2, 0.25) is 5.91 Å². The first kappa shape index (κ1) is 23.1. The van der Waals surface area contributed by atoms with Crippen LogP contribution in [0.1, 0.15) is 38.2 Å². The number of pyridine rings is 1. The van der Waals surface area contributed by atoms with E-state index in [4.69, 9.17) is 10.5 Å². The number of hydrogen-bond donors (Lipinski definition) is 2. The molecule has 2 aliphatic rings. The lowest BCUT2D eigenvalue weighted by molar-refractivity contribution is -0.141. The van der Waals surface area contributed by atoms with Crippen LogP contribution in [0.5, 0.6) is 5.75 Å². The molecule has 182 valence electrons. The first-order chi connectivity index (χ1) is 16.8. The van der Waals surface area contributed by atoms with Gasteiger partial charge >= 0.3 is 0 Å². The molecule has 1 aromatic heterocycles. The summed E-state index contributed by atoms with van der Waals surface area (Å²) in [5, 5.41) is 1.34. The molecular formula is C28H31N3O4. The molecule has 1 aliphatic heterocycles. The molecule has 3 N–H and O–H groups in total. The van der Waals surface area contributed by atoms with Crippen LogP contribution in [-0.2, 0) is 9.59 Å². The predicted molar refractivity (Wildman–Crippen MR) is 135 cm³/mol. The topological polar surface area (TPSA) is 105 Å². The number of hydrogen-bond acceptors (Lipinski definition) is 4. The van der Waals surface area contributed by atoms with Crippen molar-refractivity contribution in [1.82, 2.24) is 9.88 Å². The number of aromatic nitrogens is 1. The molecule has 2 atom stereocenters. The molecule has 7 nitrogen and oxygen atoms in total. The Labute approximate surface area is 204 Å². The van der Waals surface area contributed by atoms with E-state index >= 15 is 0 Å². The highest BCUT2D eigenvalue weighted by molar-refractivity contribution is 5.97. The van der Waals surface area contributed by atoms with Gasteiger partial charge in [-0.15, -0.1) is 0 Å². The van der Waals surface area contributed by atoms with Crippen molar-refractivity contribution in [3.05, 3.63) is 64.6 Å². The van der Waals surface area contributed by atoms with E-state index in [-0.39, 0.29) is 23.3 Å². The van der Waals surface area contributed by atoms with Gasteiger partial charge in [-0.25, -0.2) is 0 Å². The molecule has 2 amide bonds. The van der Waals surface area contributed by atoms with Gasteiger partial charge in [0.25, 0.3) is 11.5 Å². The number of H-pyrrole nitrogens is 1. The molecule has 0 radical (unpaired) electrons. The van der Waals surface area contributed by atoms with Gasteiger partial charge in [0, 0.05) is 24.8 Å². The zero-order valence-corrected chi connectivity index (χ0v) is 20.2. The van der Waals surface area contributed by atoms with E-state index in [1.807, 2.05) is 37.3 Å². The molecule has 35 heavy (non-hydrogen) atoms. The number of carbonyl (C=O) groups excluding carboxylic acids is 2. The van der Waals surface area contributed by atoms with Crippen LogP contribution in [-0.4, -0.2) is 40.9 Å². The first-order valence-corrected chi connectivity index (χ1v) is 12.3. The van der Waals surface area contributed by atoms with Crippen LogP contribution in [0.15, 0.2) is 53.5 Å². The maximum Gasteiger partial charge on any atom is 0.263 e. The van der Waals surface area contributed by atoms with Crippen LogP contribution in [0.25, 0.3) is 21.9 Å². The summed E-state index contributed by atoms with van der Waals surface area (Å²) in [4.78, 5) is 42.4. The zero-order chi connectivity index (χ0) is 24.7. The van der Waals surface area contributed by atoms with E-state index in [9.17, 15) is 14.4 Å². The van der Waals surface area contributed by atoms with E-state index in [1.165, 1.54) is 0 Å². The second-order valence-corrected chi connectivity index (χ2v) is 9.96. The minimum Gasteiger partial charge on any atom is -0.481 e. The van der Waals surface area contributed by atoms with Crippen LogP contribution in [0.2, 0.25) is 0 Å². The molecule has 2 heterocycles. The number of ether oxygens (including phenoxy) is 1. The Morgan fingerprint density at radius 1 is 1.14 bits per heavy atom. The first-order valence-electron chi connectivity index (χ1n) is 12.3. The van der Waals surface area contributed by atoms with E-state index in [0.29, 0.717) is 24.2 Å². The van der Waals surface area contributed by atoms with Crippen molar-refractivity contribution in [2.24, 2.45) is 17.1 Å². The van der Waals surface area contributed by atoms with Crippen molar-refractivity contribution in [3.8, 4) is 16.9 Å². The number of aryl methyl sites for hydroxylation is 1. The van der Waals surface area contributed by atoms with E-state index < -0.39 is 11.5 Å². The number of nitrogens with one attached hydrogen (secondary N) is 1. The Hall–Kier alpha value is -3.61. The molecule has 1 unspecified atom stereocenters. The molecule has 2 fully saturated rings. The monoisotopic (exact) mass is 473 g/mol. The number of likely N-dealkylation sites (tertiary alicyclic amines) is 1. The molecule has 1 saturated carbocycles. The molecule has 0 spiro atoms. The van der Waals surface area contributed by atoms with Gasteiger partial charge in [-0.05, 0) is 80.2 Å². The van der Waals surface area contributed by atoms with E-state index in [0.717, 1.165) is 47.8 Å². The van der Waals surface area contributed by atoms with Crippen LogP contribution in [0.4, 0.5) is 0 Å². The van der Waals surface area contributed by atoms with Crippen molar-refractivity contribution in [3.63, 3.8) is 0 Å². The molecule has 1 saturated heterocycles. The van der Waals surface area contributed by atoms with E-state index in [2.05, 4.69) is 4.98 Å². The SMILES string of the molecule is Cc1ccccc1-c1c[nH]c(=O)c2cc(O[C@H](C)C(=O)N3CCCC(C4(C(N)=O)CC4)C3)ccc12. The van der Waals surface area contributed by atoms with Crippen molar-refractivity contribution < 1.29 is 14.3 Å². The smallest absolute Gasteiger partial charge is 0.263 e. The maximum absolute atomic E-state index is 13.2. The predicted octanol–water partition coefficient (Wildman–Crippen LogP) is 3.77. The molecule has 0 bridgehead atoms. The summed E-state index contributed by atoms with van der Waals surface area (Å²) in [6.45, 7) is 4.95. The van der Waals surface area contributed by atoms with Gasteiger partial charge < -0.3 is 20.4 Å². The molecular weight excluding hydrogens is 442 g/mol. The minimum atomic E-state index is -0.714. The van der Waals surface area contributed by atoms with Crippen LogP contribution in [0.3, 0.4) is 0 Å². The average Bonchev–Trinajstić information content (AvgIpc) is 3.67. The molecule has 5 rings (SSSR count). The fraction of sp³-hybridized carbons (Fsp3) is 0.393. The lowest BCUT2D eigenvalue weighted by Gasteiger charge is -2.37. The van der Waals surface area contributed by atoms with Crippen molar-refractivity contribution in [1.29, 1.82) is 0 Å². The fourth-order valence-corrected chi connectivity index (χ4v) is 5.54. The highest BCUT2D eigenvalue weighted by Crippen LogP contribution is 2.54. The Balaban J connectivity index is 1.35. The molecule has 2 aromatic carbocycles. The summed E-state index contributed by atoms with van der Waals surface area (Å²) >= 11 is 0. The summed E-state index contributed by atoms with van der Waals surface area (Å²) in [7, 11) is 0. The van der Waals surface area contributed by atoms with Gasteiger partial charge in [-0.3, -0.25) is 14.4 Å². The summed E-state index contributed by atoms with van der Waals surface area (Å²) in [5.41, 5.74) is 8.13. The third kappa shape index (κ3) is 4.20. The van der Waals surface area contributed by atoms with Crippen LogP contribution in [0, 0.1) is 18.3 Å². The summed E-state index contributed by atoms with van der Waals surface area (Å²) < 4.78 is 6.01. The third-order valence-corrected chi connectivity index (χ3v) is 7.76. The molecule has 1 aliphatic carbocycles. The lowest BCUT2D eigenvalue weighted by Crippen LogP contribution is -2.49. The average molecular weight is 474 g/mol. The zero-order valence-electron chi connectivity index (χ0n) is 20.2. The highest BCUT2D eigenvalue weighted by Gasteiger charge is 2.55. The summed E-state index contributed by atoms with van der Waals surface area (Å²) in [6.07, 6.45) is 4.43. The van der Waals surface area contributed by atoms with Gasteiger partial charge in [-0.1, -0.05) is 24.3 Å². The van der Waals surface area contributed by atoms with Crippen molar-refractivity contribution >= 4 is 22.6 Å². The third-order valence-electron chi connectivity index (χ3n) is 7.76. The van der Waals surface area contributed by atoms with Crippen molar-refractivity contribution in [2.45, 2.75) is 45.6 Å². The van der Waals surface area contributed by atoms with Crippen LogP contribution >= 0.6 is 0 Å². The standard InChI is InChI=1S/C28H31N3O4/c1-17-6-3-4-8-21(17)24-15-30-25(32)23-14-20(9-10-22(23)24)35-18(2)26(33)31-13-5-7-19(16-31)28(11-12-28)27(29)34/h3-4,6,8-10,14-15,18-19H,5,7,11-13,16H2,1-2H3,(H2,29,34)(H,30,32)/t18-,19?/m1/s1. The second kappa shape index (κ2) is 8.87. The number of fused-ring (bicyclic) bond motifs is 1. The second-order valence-electron chi connectivity index (χ2n) is 9.96. The number of aromatic amines is 1. The van der Waals surface area contributed by atoms with Gasteiger partial charge in [0.05, 0.1) is 10.8 Å². The van der Waals surface area contributed by atoms with Crippen molar-refractivity contribution in [2.75, 3.05) is 13.1 Å². The summed E-state index contributed by atoms with van der Waals surface area (Å²) in [6, 6.07) is 13.4. The van der Waals surface area contributed by atoms with Gasteiger partial charge in [-0.2, -0.15) is 0 Å². The number of primary amides is 1. The number of piperidine rings is 1. The van der Waals surface area contributed by atoms with Gasteiger partial charge in [0.15, 0.2) is 6.10 Å². The number of benzene rings is 2. The number of rotatable bonds is 6. The quantitative estimate of drug-likeness (QED) is 0.568. The largest absolute Gasteiger partial charge is 0.481 e.